The van der Waals surface area contributed by atoms with Crippen molar-refractivity contribution in [1.29, 1.82) is 0 Å². The molecule has 21 heavy (non-hydrogen) atoms. The summed E-state index contributed by atoms with van der Waals surface area (Å²) in [6.07, 6.45) is 4.62. The van der Waals surface area contributed by atoms with Crippen molar-refractivity contribution in [3.05, 3.63) is 52.0 Å². The van der Waals surface area contributed by atoms with Crippen molar-refractivity contribution in [3.8, 4) is 0 Å². The van der Waals surface area contributed by atoms with Gasteiger partial charge in [0.2, 0.25) is 0 Å². The summed E-state index contributed by atoms with van der Waals surface area (Å²) in [6, 6.07) is 5.63. The molecule has 2 aromatic rings. The van der Waals surface area contributed by atoms with Crippen LogP contribution in [0.5, 0.6) is 0 Å². The molecule has 0 fully saturated rings. The van der Waals surface area contributed by atoms with Crippen LogP contribution in [0.4, 0.5) is 0 Å². The van der Waals surface area contributed by atoms with E-state index in [4.69, 9.17) is 28.9 Å². The standard InChI is InChI=1S/C16H21Cl2N3/c1-11(2)14(8-19)16-9-20-10-21(16)6-5-12-3-4-13(17)7-15(12)18/h3-4,7,9-11,14H,5-6,8,19H2,1-2H3. The Labute approximate surface area is 136 Å². The van der Waals surface area contributed by atoms with Gasteiger partial charge in [0.25, 0.3) is 0 Å². The van der Waals surface area contributed by atoms with Gasteiger partial charge in [0.15, 0.2) is 0 Å². The lowest BCUT2D eigenvalue weighted by molar-refractivity contribution is 0.471. The molecule has 1 atom stereocenters. The van der Waals surface area contributed by atoms with Crippen molar-refractivity contribution in [3.63, 3.8) is 0 Å². The third kappa shape index (κ3) is 4.00. The molecule has 0 saturated heterocycles. The first-order chi connectivity index (χ1) is 10.0. The Morgan fingerprint density at radius 1 is 1.29 bits per heavy atom. The van der Waals surface area contributed by atoms with Crippen LogP contribution in [0.25, 0.3) is 0 Å². The van der Waals surface area contributed by atoms with Crippen LogP contribution < -0.4 is 5.73 Å². The SMILES string of the molecule is CC(C)C(CN)c1cncn1CCc1ccc(Cl)cc1Cl. The zero-order valence-electron chi connectivity index (χ0n) is 12.4. The van der Waals surface area contributed by atoms with Crippen LogP contribution in [0.15, 0.2) is 30.7 Å². The van der Waals surface area contributed by atoms with Crippen LogP contribution in [-0.2, 0) is 13.0 Å². The van der Waals surface area contributed by atoms with Gasteiger partial charge < -0.3 is 10.3 Å². The first-order valence-electron chi connectivity index (χ1n) is 7.17. The van der Waals surface area contributed by atoms with Crippen molar-refractivity contribution in [2.24, 2.45) is 11.7 Å². The molecule has 0 aliphatic rings. The van der Waals surface area contributed by atoms with Gasteiger partial charge in [-0.3, -0.25) is 0 Å². The number of hydrogen-bond acceptors (Lipinski definition) is 2. The van der Waals surface area contributed by atoms with Gasteiger partial charge in [0.1, 0.15) is 0 Å². The third-order valence-electron chi connectivity index (χ3n) is 3.82. The maximum absolute atomic E-state index is 6.22. The summed E-state index contributed by atoms with van der Waals surface area (Å²) >= 11 is 12.1. The Kier molecular flexibility index (Phi) is 5.68. The van der Waals surface area contributed by atoms with E-state index in [2.05, 4.69) is 23.4 Å². The highest BCUT2D eigenvalue weighted by Crippen LogP contribution is 2.25. The van der Waals surface area contributed by atoms with Gasteiger partial charge in [0, 0.05) is 40.9 Å². The summed E-state index contributed by atoms with van der Waals surface area (Å²) in [4.78, 5) is 4.28. The molecule has 0 radical (unpaired) electrons. The third-order valence-corrected chi connectivity index (χ3v) is 4.41. The fourth-order valence-corrected chi connectivity index (χ4v) is 3.03. The van der Waals surface area contributed by atoms with Crippen LogP contribution >= 0.6 is 23.2 Å². The number of aromatic nitrogens is 2. The number of rotatable bonds is 6. The van der Waals surface area contributed by atoms with Gasteiger partial charge in [0.05, 0.1) is 6.33 Å². The lowest BCUT2D eigenvalue weighted by Gasteiger charge is -2.20. The molecule has 5 heteroatoms. The van der Waals surface area contributed by atoms with E-state index < -0.39 is 0 Å². The van der Waals surface area contributed by atoms with Crippen LogP contribution in [0.2, 0.25) is 10.0 Å². The molecule has 0 amide bonds. The smallest absolute Gasteiger partial charge is 0.0948 e. The van der Waals surface area contributed by atoms with Crippen LogP contribution in [-0.4, -0.2) is 16.1 Å². The van der Waals surface area contributed by atoms with Crippen molar-refractivity contribution in [2.45, 2.75) is 32.7 Å². The summed E-state index contributed by atoms with van der Waals surface area (Å²) in [5.41, 5.74) is 8.19. The van der Waals surface area contributed by atoms with Gasteiger partial charge in [-0.1, -0.05) is 43.1 Å². The van der Waals surface area contributed by atoms with Gasteiger partial charge in [-0.2, -0.15) is 0 Å². The van der Waals surface area contributed by atoms with Gasteiger partial charge >= 0.3 is 0 Å². The number of hydrogen-bond donors (Lipinski definition) is 1. The zero-order chi connectivity index (χ0) is 15.4. The number of imidazole rings is 1. The summed E-state index contributed by atoms with van der Waals surface area (Å²) in [5.74, 6) is 0.817. The first kappa shape index (κ1) is 16.3. The van der Waals surface area contributed by atoms with Crippen LogP contribution in [0.3, 0.4) is 0 Å². The minimum absolute atomic E-state index is 0.327. The summed E-state index contributed by atoms with van der Waals surface area (Å²) in [6.45, 7) is 5.83. The van der Waals surface area contributed by atoms with E-state index in [-0.39, 0.29) is 0 Å². The molecule has 1 heterocycles. The average Bonchev–Trinajstić information content (AvgIpc) is 2.86. The second-order valence-corrected chi connectivity index (χ2v) is 6.43. The fraction of sp³-hybridized carbons (Fsp3) is 0.438. The van der Waals surface area contributed by atoms with E-state index >= 15 is 0 Å². The van der Waals surface area contributed by atoms with Crippen LogP contribution in [0, 0.1) is 5.92 Å². The minimum atomic E-state index is 0.327. The number of nitrogens with two attached hydrogens (primary N) is 1. The van der Waals surface area contributed by atoms with E-state index in [1.165, 1.54) is 5.69 Å². The van der Waals surface area contributed by atoms with Crippen molar-refractivity contribution >= 4 is 23.2 Å². The Morgan fingerprint density at radius 2 is 2.05 bits per heavy atom. The summed E-state index contributed by atoms with van der Waals surface area (Å²) < 4.78 is 2.17. The van der Waals surface area contributed by atoms with Gasteiger partial charge in [-0.05, 0) is 30.0 Å². The number of aryl methyl sites for hydroxylation is 2. The Balaban J connectivity index is 2.12. The predicted octanol–water partition coefficient (Wildman–Crippen LogP) is 4.13. The highest BCUT2D eigenvalue weighted by molar-refractivity contribution is 6.35. The van der Waals surface area contributed by atoms with E-state index in [1.54, 1.807) is 6.07 Å². The van der Waals surface area contributed by atoms with Gasteiger partial charge in [-0.25, -0.2) is 4.98 Å². The molecule has 0 aliphatic carbocycles. The summed E-state index contributed by atoms with van der Waals surface area (Å²) in [7, 11) is 0. The molecule has 114 valence electrons. The molecular weight excluding hydrogens is 305 g/mol. The van der Waals surface area contributed by atoms with Crippen LogP contribution in [0.1, 0.15) is 31.0 Å². The molecule has 0 bridgehead atoms. The molecule has 1 aromatic heterocycles. The second-order valence-electron chi connectivity index (χ2n) is 5.58. The van der Waals surface area contributed by atoms with Crippen molar-refractivity contribution < 1.29 is 0 Å². The Hall–Kier alpha value is -1.03. The lowest BCUT2D eigenvalue weighted by Crippen LogP contribution is -2.21. The number of benzene rings is 1. The number of halogens is 2. The lowest BCUT2D eigenvalue weighted by atomic mass is 9.93. The second kappa shape index (κ2) is 7.30. The van der Waals surface area contributed by atoms with Gasteiger partial charge in [-0.15, -0.1) is 0 Å². The topological polar surface area (TPSA) is 43.8 Å². The molecule has 0 saturated carbocycles. The van der Waals surface area contributed by atoms with E-state index in [1.807, 2.05) is 24.7 Å². The van der Waals surface area contributed by atoms with E-state index in [9.17, 15) is 0 Å². The summed E-state index contributed by atoms with van der Waals surface area (Å²) in [5, 5.41) is 1.37. The van der Waals surface area contributed by atoms with Crippen molar-refractivity contribution in [2.75, 3.05) is 6.54 Å². The number of nitrogens with zero attached hydrogens (tertiary/aromatic N) is 2. The molecule has 2 N–H and O–H groups in total. The van der Waals surface area contributed by atoms with E-state index in [0.29, 0.717) is 28.4 Å². The maximum Gasteiger partial charge on any atom is 0.0948 e. The molecule has 1 unspecified atom stereocenters. The largest absolute Gasteiger partial charge is 0.334 e. The Bertz CT molecular complexity index is 593. The first-order valence-corrected chi connectivity index (χ1v) is 7.92. The highest BCUT2D eigenvalue weighted by atomic mass is 35.5. The molecule has 2 rings (SSSR count). The quantitative estimate of drug-likeness (QED) is 0.867. The molecule has 3 nitrogen and oxygen atoms in total. The molecular formula is C16H21Cl2N3. The monoisotopic (exact) mass is 325 g/mol. The van der Waals surface area contributed by atoms with E-state index in [0.717, 1.165) is 18.5 Å². The minimum Gasteiger partial charge on any atom is -0.334 e. The fourth-order valence-electron chi connectivity index (χ4n) is 2.53. The zero-order valence-corrected chi connectivity index (χ0v) is 13.9. The highest BCUT2D eigenvalue weighted by Gasteiger charge is 2.18. The molecule has 0 aliphatic heterocycles. The normalized spacial score (nSPS) is 12.9. The predicted molar refractivity (Wildman–Crippen MR) is 89.0 cm³/mol. The average molecular weight is 326 g/mol. The molecule has 0 spiro atoms. The maximum atomic E-state index is 6.22. The van der Waals surface area contributed by atoms with Crippen molar-refractivity contribution in [1.82, 2.24) is 9.55 Å². The molecule has 1 aromatic carbocycles. The Morgan fingerprint density at radius 3 is 2.67 bits per heavy atom.